The summed E-state index contributed by atoms with van der Waals surface area (Å²) in [7, 11) is 0. The van der Waals surface area contributed by atoms with Crippen LogP contribution in [-0.2, 0) is 9.59 Å². The summed E-state index contributed by atoms with van der Waals surface area (Å²) in [6.45, 7) is 0. The van der Waals surface area contributed by atoms with Crippen LogP contribution in [0, 0.1) is 11.8 Å². The zero-order valence-electron chi connectivity index (χ0n) is 11.3. The highest BCUT2D eigenvalue weighted by molar-refractivity contribution is 6.03. The lowest BCUT2D eigenvalue weighted by Crippen LogP contribution is -2.23. The number of rotatable bonds is 5. The third-order valence-corrected chi connectivity index (χ3v) is 3.67. The molecule has 6 nitrogen and oxygen atoms in total. The maximum absolute atomic E-state index is 11.9. The van der Waals surface area contributed by atoms with Crippen molar-refractivity contribution in [3.8, 4) is 0 Å². The van der Waals surface area contributed by atoms with Gasteiger partial charge >= 0.3 is 0 Å². The van der Waals surface area contributed by atoms with Gasteiger partial charge in [0.05, 0.1) is 17.3 Å². The molecule has 0 atom stereocenters. The molecule has 0 heterocycles. The van der Waals surface area contributed by atoms with Crippen molar-refractivity contribution in [1.29, 1.82) is 0 Å². The number of nitrogens with one attached hydrogen (secondary N) is 2. The van der Waals surface area contributed by atoms with Gasteiger partial charge in [0, 0.05) is 11.8 Å². The predicted molar refractivity (Wildman–Crippen MR) is 73.5 cm³/mol. The fraction of sp³-hybridized carbons (Fsp3) is 0.400. The van der Waals surface area contributed by atoms with Gasteiger partial charge in [-0.15, -0.1) is 0 Å². The third-order valence-electron chi connectivity index (χ3n) is 3.67. The van der Waals surface area contributed by atoms with Gasteiger partial charge < -0.3 is 20.5 Å². The summed E-state index contributed by atoms with van der Waals surface area (Å²) in [6, 6.07) is 4.15. The second-order valence-corrected chi connectivity index (χ2v) is 5.57. The molecule has 2 fully saturated rings. The van der Waals surface area contributed by atoms with Crippen molar-refractivity contribution < 1.29 is 19.5 Å². The standard InChI is InChI=1S/C15H16N2O4/c18-13(8-1-2-8)16-11-6-5-10(15(20)21)7-12(11)17-14(19)9-3-4-9/h5-9H,1-4H2,(H,16,18)(H,17,19)(H,20,21)/p-1. The number of carbonyl (C=O) groups excluding carboxylic acids is 3. The van der Waals surface area contributed by atoms with Gasteiger partial charge in [0.2, 0.25) is 11.8 Å². The molecule has 0 radical (unpaired) electrons. The molecule has 0 bridgehead atoms. The minimum atomic E-state index is -1.32. The van der Waals surface area contributed by atoms with E-state index in [-0.39, 0.29) is 29.2 Å². The van der Waals surface area contributed by atoms with E-state index in [0.717, 1.165) is 25.7 Å². The molecule has 3 rings (SSSR count). The lowest BCUT2D eigenvalue weighted by atomic mass is 10.1. The average molecular weight is 287 g/mol. The average Bonchev–Trinajstić information content (AvgIpc) is 3.29. The molecule has 2 aliphatic rings. The number of aromatic carboxylic acids is 1. The van der Waals surface area contributed by atoms with Gasteiger partial charge in [0.1, 0.15) is 0 Å². The van der Waals surface area contributed by atoms with E-state index >= 15 is 0 Å². The number of carbonyl (C=O) groups is 3. The van der Waals surface area contributed by atoms with Gasteiger partial charge in [-0.1, -0.05) is 6.07 Å². The van der Waals surface area contributed by atoms with Gasteiger partial charge in [0.25, 0.3) is 0 Å². The molecule has 2 aliphatic carbocycles. The summed E-state index contributed by atoms with van der Waals surface area (Å²) in [5, 5.41) is 16.3. The van der Waals surface area contributed by atoms with Gasteiger partial charge in [0.15, 0.2) is 0 Å². The van der Waals surface area contributed by atoms with Crippen LogP contribution in [0.2, 0.25) is 0 Å². The molecule has 0 aromatic heterocycles. The predicted octanol–water partition coefficient (Wildman–Crippen LogP) is 0.747. The van der Waals surface area contributed by atoms with Crippen molar-refractivity contribution in [2.24, 2.45) is 11.8 Å². The van der Waals surface area contributed by atoms with E-state index in [1.54, 1.807) is 0 Å². The molecule has 21 heavy (non-hydrogen) atoms. The first kappa shape index (κ1) is 13.6. The molecule has 2 amide bonds. The van der Waals surface area contributed by atoms with E-state index in [0.29, 0.717) is 11.4 Å². The number of anilines is 2. The molecule has 0 unspecified atom stereocenters. The molecule has 110 valence electrons. The summed E-state index contributed by atoms with van der Waals surface area (Å²) >= 11 is 0. The second kappa shape index (κ2) is 5.20. The van der Waals surface area contributed by atoms with Crippen molar-refractivity contribution >= 4 is 29.2 Å². The molecule has 6 heteroatoms. The van der Waals surface area contributed by atoms with Gasteiger partial charge in [-0.3, -0.25) is 9.59 Å². The molecular weight excluding hydrogens is 272 g/mol. The van der Waals surface area contributed by atoms with Crippen LogP contribution < -0.4 is 15.7 Å². The highest BCUT2D eigenvalue weighted by Crippen LogP contribution is 2.34. The maximum Gasteiger partial charge on any atom is 0.227 e. The third kappa shape index (κ3) is 3.21. The highest BCUT2D eigenvalue weighted by atomic mass is 16.4. The first-order chi connectivity index (χ1) is 10.0. The number of hydrogen-bond acceptors (Lipinski definition) is 4. The first-order valence-electron chi connectivity index (χ1n) is 7.01. The van der Waals surface area contributed by atoms with Crippen molar-refractivity contribution in [2.75, 3.05) is 10.6 Å². The summed E-state index contributed by atoms with van der Waals surface area (Å²) in [5.41, 5.74) is 0.694. The topological polar surface area (TPSA) is 98.3 Å². The minimum Gasteiger partial charge on any atom is -0.545 e. The molecule has 1 aromatic carbocycles. The maximum atomic E-state index is 11.9. The van der Waals surface area contributed by atoms with Crippen LogP contribution in [0.3, 0.4) is 0 Å². The van der Waals surface area contributed by atoms with Crippen molar-refractivity contribution in [2.45, 2.75) is 25.7 Å². The van der Waals surface area contributed by atoms with Gasteiger partial charge in [-0.2, -0.15) is 0 Å². The summed E-state index contributed by atoms with van der Waals surface area (Å²) in [4.78, 5) is 34.6. The first-order valence-corrected chi connectivity index (χ1v) is 7.01. The lowest BCUT2D eigenvalue weighted by Gasteiger charge is -2.14. The molecular formula is C15H15N2O4-. The fourth-order valence-corrected chi connectivity index (χ4v) is 2.04. The van der Waals surface area contributed by atoms with Crippen molar-refractivity contribution in [3.05, 3.63) is 23.8 Å². The number of benzene rings is 1. The molecule has 2 saturated carbocycles. The zero-order chi connectivity index (χ0) is 15.0. The van der Waals surface area contributed by atoms with Crippen LogP contribution in [0.4, 0.5) is 11.4 Å². The van der Waals surface area contributed by atoms with E-state index in [1.165, 1.54) is 18.2 Å². The van der Waals surface area contributed by atoms with Crippen molar-refractivity contribution in [1.82, 2.24) is 0 Å². The summed E-state index contributed by atoms with van der Waals surface area (Å²) < 4.78 is 0. The van der Waals surface area contributed by atoms with Crippen LogP contribution in [0.25, 0.3) is 0 Å². The zero-order valence-corrected chi connectivity index (χ0v) is 11.3. The Morgan fingerprint density at radius 2 is 1.43 bits per heavy atom. The number of hydrogen-bond donors (Lipinski definition) is 2. The molecule has 1 aromatic rings. The van der Waals surface area contributed by atoms with Crippen LogP contribution in [0.1, 0.15) is 36.0 Å². The van der Waals surface area contributed by atoms with E-state index in [2.05, 4.69) is 10.6 Å². The van der Waals surface area contributed by atoms with Gasteiger partial charge in [-0.05, 0) is 43.4 Å². The fourth-order valence-electron chi connectivity index (χ4n) is 2.04. The van der Waals surface area contributed by atoms with E-state index in [1.807, 2.05) is 0 Å². The summed E-state index contributed by atoms with van der Waals surface area (Å²) in [6.07, 6.45) is 3.42. The Morgan fingerprint density at radius 1 is 0.905 bits per heavy atom. The Hall–Kier alpha value is -2.37. The van der Waals surface area contributed by atoms with Crippen molar-refractivity contribution in [3.63, 3.8) is 0 Å². The van der Waals surface area contributed by atoms with Gasteiger partial charge in [-0.25, -0.2) is 0 Å². The van der Waals surface area contributed by atoms with Crippen LogP contribution >= 0.6 is 0 Å². The quantitative estimate of drug-likeness (QED) is 0.834. The lowest BCUT2D eigenvalue weighted by molar-refractivity contribution is -0.255. The molecule has 0 spiro atoms. The Balaban J connectivity index is 1.83. The van der Waals surface area contributed by atoms with E-state index in [9.17, 15) is 19.5 Å². The second-order valence-electron chi connectivity index (χ2n) is 5.57. The van der Waals surface area contributed by atoms with E-state index < -0.39 is 5.97 Å². The van der Waals surface area contributed by atoms with Crippen LogP contribution in [-0.4, -0.2) is 17.8 Å². The minimum absolute atomic E-state index is 0.0106. The number of carboxylic acids is 1. The normalized spacial score (nSPS) is 17.1. The number of carboxylic acid groups (broad SMARTS) is 1. The van der Waals surface area contributed by atoms with E-state index in [4.69, 9.17) is 0 Å². The number of amides is 2. The van der Waals surface area contributed by atoms with Crippen LogP contribution in [0.5, 0.6) is 0 Å². The smallest absolute Gasteiger partial charge is 0.227 e. The molecule has 2 N–H and O–H groups in total. The highest BCUT2D eigenvalue weighted by Gasteiger charge is 2.32. The molecule has 0 saturated heterocycles. The summed E-state index contributed by atoms with van der Waals surface area (Å²) in [5.74, 6) is -1.55. The SMILES string of the molecule is O=C([O-])c1ccc(NC(=O)C2CC2)c(NC(=O)C2CC2)c1. The molecule has 0 aliphatic heterocycles. The Labute approximate surface area is 121 Å². The van der Waals surface area contributed by atoms with Crippen LogP contribution in [0.15, 0.2) is 18.2 Å². The Bertz CT molecular complexity index is 618. The Kier molecular flexibility index (Phi) is 3.37. The monoisotopic (exact) mass is 287 g/mol. The Morgan fingerprint density at radius 3 is 1.90 bits per heavy atom. The largest absolute Gasteiger partial charge is 0.545 e.